The van der Waals surface area contributed by atoms with Crippen LogP contribution in [-0.4, -0.2) is 33.2 Å². The molecule has 3 N–H and O–H groups in total. The van der Waals surface area contributed by atoms with E-state index in [4.69, 9.17) is 5.11 Å². The molecule has 0 heterocycles. The van der Waals surface area contributed by atoms with Crippen LogP contribution in [-0.2, 0) is 14.4 Å². The summed E-state index contributed by atoms with van der Waals surface area (Å²) in [5, 5.41) is 27.6. The van der Waals surface area contributed by atoms with Crippen molar-refractivity contribution in [2.45, 2.75) is 265 Å². The minimum absolute atomic E-state index is 0.293. The fraction of sp³-hybridized carbons (Fsp3) is 0.907. The summed E-state index contributed by atoms with van der Waals surface area (Å²) in [7, 11) is 0. The molecule has 0 saturated heterocycles. The Bertz CT molecular complexity index is 1100. The second kappa shape index (κ2) is 35.6. The highest BCUT2D eigenvalue weighted by Crippen LogP contribution is 2.60. The van der Waals surface area contributed by atoms with Gasteiger partial charge in [0.05, 0.1) is 0 Å². The van der Waals surface area contributed by atoms with Crippen LogP contribution in [0.4, 0.5) is 0 Å². The van der Waals surface area contributed by atoms with E-state index in [-0.39, 0.29) is 0 Å². The first-order valence-electron chi connectivity index (χ1n) is 26.6. The van der Waals surface area contributed by atoms with Crippen LogP contribution in [0.5, 0.6) is 0 Å². The van der Waals surface area contributed by atoms with Crippen LogP contribution < -0.4 is 0 Å². The summed E-state index contributed by atoms with van der Waals surface area (Å²) in [4.78, 5) is 33.5. The molecule has 1 saturated carbocycles. The molecule has 6 heteroatoms. The Hall–Kier alpha value is -1.85. The normalized spacial score (nSPS) is 23.8. The van der Waals surface area contributed by atoms with Gasteiger partial charge in [-0.1, -0.05) is 200 Å². The summed E-state index contributed by atoms with van der Waals surface area (Å²) in [6.45, 7) is 6.99. The van der Waals surface area contributed by atoms with E-state index in [9.17, 15) is 24.6 Å². The maximum Gasteiger partial charge on any atom is 0.303 e. The second-order valence-electron chi connectivity index (χ2n) is 19.9. The quantitative estimate of drug-likeness (QED) is 0.0417. The molecule has 0 aromatic carbocycles. The van der Waals surface area contributed by atoms with E-state index in [0.717, 1.165) is 93.3 Å². The van der Waals surface area contributed by atoms with Crippen molar-refractivity contribution in [3.63, 3.8) is 0 Å². The number of carbonyl (C=O) groups is 3. The Morgan fingerprint density at radius 1 is 0.317 bits per heavy atom. The van der Waals surface area contributed by atoms with Gasteiger partial charge in [0.25, 0.3) is 0 Å². The summed E-state index contributed by atoms with van der Waals surface area (Å²) < 4.78 is 0. The number of hydrogen-bond acceptors (Lipinski definition) is 3. The SMILES string of the molecule is CCCCCCCCC1C(CCCCCCCC(=O)O)C(CCCCCC)C2C(CCCCCCCC(=O)O)C=CC(CCCCCC)C2C1CCCCCCCC(=O)O. The zero-order chi connectivity index (χ0) is 43.6. The largest absolute Gasteiger partial charge is 0.481 e. The van der Waals surface area contributed by atoms with Crippen molar-refractivity contribution in [2.75, 3.05) is 0 Å². The lowest BCUT2D eigenvalue weighted by Crippen LogP contribution is -2.52. The number of carboxylic acid groups (broad SMARTS) is 3. The first-order valence-corrected chi connectivity index (χ1v) is 26.6. The van der Waals surface area contributed by atoms with Crippen molar-refractivity contribution >= 4 is 17.9 Å². The molecule has 6 nitrogen and oxygen atoms in total. The molecule has 8 atom stereocenters. The van der Waals surface area contributed by atoms with Gasteiger partial charge in [0, 0.05) is 19.3 Å². The van der Waals surface area contributed by atoms with Crippen LogP contribution >= 0.6 is 0 Å². The number of rotatable bonds is 41. The summed E-state index contributed by atoms with van der Waals surface area (Å²) in [6, 6.07) is 0. The molecule has 0 radical (unpaired) electrons. The van der Waals surface area contributed by atoms with Crippen LogP contribution in [0.15, 0.2) is 12.2 Å². The maximum atomic E-state index is 11.2. The lowest BCUT2D eigenvalue weighted by atomic mass is 9.46. The van der Waals surface area contributed by atoms with E-state index in [1.807, 2.05) is 0 Å². The minimum Gasteiger partial charge on any atom is -0.481 e. The van der Waals surface area contributed by atoms with Gasteiger partial charge >= 0.3 is 17.9 Å². The van der Waals surface area contributed by atoms with Crippen LogP contribution in [0, 0.1) is 47.3 Å². The Morgan fingerprint density at radius 2 is 0.550 bits per heavy atom. The molecule has 0 bridgehead atoms. The second-order valence-corrected chi connectivity index (χ2v) is 19.9. The summed E-state index contributed by atoms with van der Waals surface area (Å²) in [5.74, 6) is 3.93. The highest BCUT2D eigenvalue weighted by atomic mass is 16.4. The molecule has 60 heavy (non-hydrogen) atoms. The zero-order valence-corrected chi connectivity index (χ0v) is 39.7. The van der Waals surface area contributed by atoms with Crippen molar-refractivity contribution in [1.82, 2.24) is 0 Å². The predicted molar refractivity (Wildman–Crippen MR) is 252 cm³/mol. The molecular weight excluding hydrogens is 745 g/mol. The van der Waals surface area contributed by atoms with Gasteiger partial charge in [0.2, 0.25) is 0 Å². The van der Waals surface area contributed by atoms with Gasteiger partial charge < -0.3 is 15.3 Å². The van der Waals surface area contributed by atoms with Gasteiger partial charge in [-0.2, -0.15) is 0 Å². The van der Waals surface area contributed by atoms with Gasteiger partial charge in [0.1, 0.15) is 0 Å². The molecule has 0 aliphatic heterocycles. The standard InChI is InChI=1S/C54H98O6/c1-4-7-10-13-18-27-35-47-46(36-28-19-15-22-31-40-51(57)58)48(37-26-12-9-6-3)54-45(34-25-17-14-21-30-39-50(55)56)43-42-44(33-24-11-8-5-2)53(54)49(47)38-29-20-16-23-32-41-52(59)60/h42-49,53-54H,4-41H2,1-3H3,(H,55,56)(H,57,58)(H,59,60). The van der Waals surface area contributed by atoms with Crippen molar-refractivity contribution < 1.29 is 29.7 Å². The number of fused-ring (bicyclic) bond motifs is 1. The number of aliphatic carboxylic acids is 3. The number of allylic oxidation sites excluding steroid dienone is 2. The van der Waals surface area contributed by atoms with Gasteiger partial charge in [-0.25, -0.2) is 0 Å². The summed E-state index contributed by atoms with van der Waals surface area (Å²) in [6.07, 6.45) is 49.6. The lowest BCUT2D eigenvalue weighted by Gasteiger charge is -2.58. The van der Waals surface area contributed by atoms with Crippen molar-refractivity contribution in [2.24, 2.45) is 47.3 Å². The molecule has 0 amide bonds. The van der Waals surface area contributed by atoms with Crippen LogP contribution in [0.3, 0.4) is 0 Å². The van der Waals surface area contributed by atoms with Gasteiger partial charge in [-0.3, -0.25) is 14.4 Å². The molecule has 0 spiro atoms. The van der Waals surface area contributed by atoms with Crippen molar-refractivity contribution in [3.8, 4) is 0 Å². The lowest BCUT2D eigenvalue weighted by molar-refractivity contribution is -0.138. The van der Waals surface area contributed by atoms with Crippen LogP contribution in [0.2, 0.25) is 0 Å². The Morgan fingerprint density at radius 3 is 0.850 bits per heavy atom. The highest BCUT2D eigenvalue weighted by Gasteiger charge is 2.53. The third-order valence-electron chi connectivity index (χ3n) is 15.1. The predicted octanol–water partition coefficient (Wildman–Crippen LogP) is 16.6. The fourth-order valence-electron chi connectivity index (χ4n) is 12.1. The molecule has 2 aliphatic carbocycles. The van der Waals surface area contributed by atoms with Gasteiger partial charge in [-0.15, -0.1) is 0 Å². The average molecular weight is 843 g/mol. The molecule has 1 fully saturated rings. The fourth-order valence-corrected chi connectivity index (χ4v) is 12.1. The first kappa shape index (κ1) is 54.3. The summed E-state index contributed by atoms with van der Waals surface area (Å²) >= 11 is 0. The third-order valence-corrected chi connectivity index (χ3v) is 15.1. The smallest absolute Gasteiger partial charge is 0.303 e. The number of carboxylic acids is 3. The Balaban J connectivity index is 2.52. The van der Waals surface area contributed by atoms with Crippen molar-refractivity contribution in [3.05, 3.63) is 12.2 Å². The maximum absolute atomic E-state index is 11.2. The first-order chi connectivity index (χ1) is 29.2. The minimum atomic E-state index is -0.671. The third kappa shape index (κ3) is 23.6. The molecule has 0 aromatic heterocycles. The van der Waals surface area contributed by atoms with Gasteiger partial charge in [0.15, 0.2) is 0 Å². The van der Waals surface area contributed by atoms with Gasteiger partial charge in [-0.05, 0) is 105 Å². The van der Waals surface area contributed by atoms with E-state index in [1.165, 1.54) is 167 Å². The average Bonchev–Trinajstić information content (AvgIpc) is 3.22. The van der Waals surface area contributed by atoms with E-state index >= 15 is 0 Å². The highest BCUT2D eigenvalue weighted by molar-refractivity contribution is 5.67. The molecule has 2 rings (SSSR count). The van der Waals surface area contributed by atoms with E-state index < -0.39 is 17.9 Å². The Labute approximate surface area is 370 Å². The molecule has 0 aromatic rings. The molecule has 350 valence electrons. The van der Waals surface area contributed by atoms with Crippen molar-refractivity contribution in [1.29, 1.82) is 0 Å². The summed E-state index contributed by atoms with van der Waals surface area (Å²) in [5.41, 5.74) is 0. The molecule has 8 unspecified atom stereocenters. The van der Waals surface area contributed by atoms with E-state index in [1.54, 1.807) is 0 Å². The van der Waals surface area contributed by atoms with E-state index in [0.29, 0.717) is 31.1 Å². The van der Waals surface area contributed by atoms with E-state index in [2.05, 4.69) is 32.9 Å². The Kier molecular flexibility index (Phi) is 32.2. The molecular formula is C54H98O6. The number of unbranched alkanes of at least 4 members (excludes halogenated alkanes) is 23. The molecule has 2 aliphatic rings. The monoisotopic (exact) mass is 843 g/mol. The number of hydrogen-bond donors (Lipinski definition) is 3. The van der Waals surface area contributed by atoms with Crippen LogP contribution in [0.25, 0.3) is 0 Å². The zero-order valence-electron chi connectivity index (χ0n) is 39.7. The van der Waals surface area contributed by atoms with Crippen LogP contribution in [0.1, 0.15) is 265 Å². The topological polar surface area (TPSA) is 112 Å².